The van der Waals surface area contributed by atoms with Gasteiger partial charge in [-0.2, -0.15) is 0 Å². The molecule has 0 aliphatic heterocycles. The van der Waals surface area contributed by atoms with Gasteiger partial charge in [0.1, 0.15) is 12.6 Å². The zero-order valence-electron chi connectivity index (χ0n) is 9.22. The third-order valence-corrected chi connectivity index (χ3v) is 3.11. The first-order valence-corrected chi connectivity index (χ1v) is 5.46. The fourth-order valence-corrected chi connectivity index (χ4v) is 2.21. The fraction of sp³-hybridized carbons (Fsp3) is 0.818. The lowest BCUT2D eigenvalue weighted by atomic mass is 9.92. The number of hydrogen-bond acceptors (Lipinski definition) is 4. The molecule has 0 heterocycles. The van der Waals surface area contributed by atoms with Crippen molar-refractivity contribution in [1.82, 2.24) is 4.90 Å². The number of rotatable bonds is 6. The van der Waals surface area contributed by atoms with Crippen molar-refractivity contribution >= 4 is 12.6 Å². The molecule has 0 atom stereocenters. The van der Waals surface area contributed by atoms with Crippen LogP contribution in [0.4, 0.5) is 0 Å². The molecule has 0 radical (unpaired) electrons. The lowest BCUT2D eigenvalue weighted by Gasteiger charge is -2.34. The van der Waals surface area contributed by atoms with E-state index in [0.717, 1.165) is 38.3 Å². The topological polar surface area (TPSA) is 46.6 Å². The van der Waals surface area contributed by atoms with Crippen molar-refractivity contribution < 1.29 is 14.3 Å². The van der Waals surface area contributed by atoms with Crippen LogP contribution in [0.1, 0.15) is 25.7 Å². The van der Waals surface area contributed by atoms with Gasteiger partial charge in [0, 0.05) is 13.2 Å². The zero-order chi connectivity index (χ0) is 11.1. The van der Waals surface area contributed by atoms with Crippen molar-refractivity contribution in [3.8, 4) is 0 Å². The fourth-order valence-electron chi connectivity index (χ4n) is 2.21. The summed E-state index contributed by atoms with van der Waals surface area (Å²) in [5.41, 5.74) is 0. The molecule has 1 fully saturated rings. The van der Waals surface area contributed by atoms with Crippen LogP contribution in [0.3, 0.4) is 0 Å². The summed E-state index contributed by atoms with van der Waals surface area (Å²) in [5.74, 6) is 0. The summed E-state index contributed by atoms with van der Waals surface area (Å²) in [5, 5.41) is 0. The third-order valence-electron chi connectivity index (χ3n) is 3.11. The molecule has 4 heteroatoms. The molecule has 15 heavy (non-hydrogen) atoms. The van der Waals surface area contributed by atoms with Gasteiger partial charge in [-0.15, -0.1) is 0 Å². The van der Waals surface area contributed by atoms with Crippen LogP contribution in [0.5, 0.6) is 0 Å². The second kappa shape index (κ2) is 6.69. The summed E-state index contributed by atoms with van der Waals surface area (Å²) < 4.78 is 5.28. The molecule has 0 saturated heterocycles. The van der Waals surface area contributed by atoms with Crippen molar-refractivity contribution in [2.75, 3.05) is 20.2 Å². The Morgan fingerprint density at radius 3 is 2.07 bits per heavy atom. The summed E-state index contributed by atoms with van der Waals surface area (Å²) in [6, 6.07) is 0.367. The molecule has 1 aliphatic rings. The van der Waals surface area contributed by atoms with E-state index < -0.39 is 0 Å². The Bertz CT molecular complexity index is 190. The Balaban J connectivity index is 2.40. The third kappa shape index (κ3) is 3.72. The molecule has 4 nitrogen and oxygen atoms in total. The summed E-state index contributed by atoms with van der Waals surface area (Å²) in [6.07, 6.45) is 6.17. The number of ether oxygens (including phenoxy) is 1. The average molecular weight is 213 g/mol. The molecular weight excluding hydrogens is 194 g/mol. The molecule has 1 saturated carbocycles. The minimum absolute atomic E-state index is 0.357. The lowest BCUT2D eigenvalue weighted by Crippen LogP contribution is -2.41. The predicted octanol–water partition coefficient (Wildman–Crippen LogP) is 0.644. The van der Waals surface area contributed by atoms with E-state index in [0.29, 0.717) is 25.2 Å². The van der Waals surface area contributed by atoms with E-state index in [1.165, 1.54) is 0 Å². The first-order chi connectivity index (χ1) is 7.31. The van der Waals surface area contributed by atoms with Gasteiger partial charge in [-0.1, -0.05) is 0 Å². The van der Waals surface area contributed by atoms with Gasteiger partial charge in [0.15, 0.2) is 0 Å². The van der Waals surface area contributed by atoms with Crippen LogP contribution in [-0.2, 0) is 14.3 Å². The monoisotopic (exact) mass is 213 g/mol. The van der Waals surface area contributed by atoms with Gasteiger partial charge >= 0.3 is 0 Å². The second-order valence-electron chi connectivity index (χ2n) is 3.95. The van der Waals surface area contributed by atoms with E-state index in [9.17, 15) is 9.59 Å². The molecule has 0 amide bonds. The molecule has 0 spiro atoms. The zero-order valence-corrected chi connectivity index (χ0v) is 9.22. The van der Waals surface area contributed by atoms with Gasteiger partial charge < -0.3 is 14.3 Å². The normalized spacial score (nSPS) is 26.5. The summed E-state index contributed by atoms with van der Waals surface area (Å²) in [7, 11) is 1.74. The SMILES string of the molecule is COC1CCC(N(CC=O)CC=O)CC1. The molecule has 0 aromatic carbocycles. The standard InChI is InChI=1S/C11H19NO3/c1-15-11-4-2-10(3-5-11)12(6-8-13)7-9-14/h8-11H,2-7H2,1H3. The van der Waals surface area contributed by atoms with Crippen molar-refractivity contribution in [2.45, 2.75) is 37.8 Å². The van der Waals surface area contributed by atoms with Crippen molar-refractivity contribution in [3.05, 3.63) is 0 Å². The van der Waals surface area contributed by atoms with Crippen LogP contribution in [-0.4, -0.2) is 49.8 Å². The smallest absolute Gasteiger partial charge is 0.134 e. The largest absolute Gasteiger partial charge is 0.381 e. The van der Waals surface area contributed by atoms with Crippen LogP contribution in [0.2, 0.25) is 0 Å². The maximum Gasteiger partial charge on any atom is 0.134 e. The van der Waals surface area contributed by atoms with Crippen LogP contribution in [0, 0.1) is 0 Å². The number of carbonyl (C=O) groups is 2. The highest BCUT2D eigenvalue weighted by Crippen LogP contribution is 2.24. The van der Waals surface area contributed by atoms with Crippen LogP contribution in [0.25, 0.3) is 0 Å². The molecule has 0 bridgehead atoms. The van der Waals surface area contributed by atoms with Gasteiger partial charge in [0.25, 0.3) is 0 Å². The van der Waals surface area contributed by atoms with E-state index in [-0.39, 0.29) is 0 Å². The first-order valence-electron chi connectivity index (χ1n) is 5.46. The summed E-state index contributed by atoms with van der Waals surface area (Å²) in [4.78, 5) is 22.9. The summed E-state index contributed by atoms with van der Waals surface area (Å²) in [6.45, 7) is 0.724. The molecule has 1 aliphatic carbocycles. The van der Waals surface area contributed by atoms with E-state index in [4.69, 9.17) is 4.74 Å². The van der Waals surface area contributed by atoms with E-state index in [1.54, 1.807) is 7.11 Å². The van der Waals surface area contributed by atoms with Crippen molar-refractivity contribution in [3.63, 3.8) is 0 Å². The molecule has 0 N–H and O–H groups in total. The quantitative estimate of drug-likeness (QED) is 0.608. The molecule has 86 valence electrons. The first kappa shape index (κ1) is 12.3. The number of hydrogen-bond donors (Lipinski definition) is 0. The maximum atomic E-state index is 10.5. The Morgan fingerprint density at radius 2 is 1.67 bits per heavy atom. The van der Waals surface area contributed by atoms with Crippen LogP contribution in [0.15, 0.2) is 0 Å². The van der Waals surface area contributed by atoms with Crippen molar-refractivity contribution in [1.29, 1.82) is 0 Å². The molecule has 0 unspecified atom stereocenters. The van der Waals surface area contributed by atoms with Gasteiger partial charge in [-0.3, -0.25) is 4.90 Å². The van der Waals surface area contributed by atoms with Gasteiger partial charge in [0.2, 0.25) is 0 Å². The van der Waals surface area contributed by atoms with Crippen LogP contribution >= 0.6 is 0 Å². The van der Waals surface area contributed by atoms with E-state index in [2.05, 4.69) is 0 Å². The van der Waals surface area contributed by atoms with Gasteiger partial charge in [0.05, 0.1) is 19.2 Å². The molecule has 1 rings (SSSR count). The van der Waals surface area contributed by atoms with Crippen molar-refractivity contribution in [2.24, 2.45) is 0 Å². The van der Waals surface area contributed by atoms with Gasteiger partial charge in [-0.05, 0) is 25.7 Å². The molecule has 0 aromatic heterocycles. The highest BCUT2D eigenvalue weighted by Gasteiger charge is 2.25. The van der Waals surface area contributed by atoms with Gasteiger partial charge in [-0.25, -0.2) is 0 Å². The average Bonchev–Trinajstić information content (AvgIpc) is 2.29. The number of carbonyl (C=O) groups excluding carboxylic acids is 2. The lowest BCUT2D eigenvalue weighted by molar-refractivity contribution is -0.112. The number of aldehydes is 2. The van der Waals surface area contributed by atoms with E-state index in [1.807, 2.05) is 4.90 Å². The predicted molar refractivity (Wildman–Crippen MR) is 56.8 cm³/mol. The Kier molecular flexibility index (Phi) is 5.50. The number of nitrogens with zero attached hydrogens (tertiary/aromatic N) is 1. The van der Waals surface area contributed by atoms with E-state index >= 15 is 0 Å². The Morgan fingerprint density at radius 1 is 1.13 bits per heavy atom. The Labute approximate surface area is 90.6 Å². The highest BCUT2D eigenvalue weighted by atomic mass is 16.5. The minimum atomic E-state index is 0.357. The molecular formula is C11H19NO3. The second-order valence-corrected chi connectivity index (χ2v) is 3.95. The van der Waals surface area contributed by atoms with Crippen LogP contribution < -0.4 is 0 Å². The summed E-state index contributed by atoms with van der Waals surface area (Å²) >= 11 is 0. The molecule has 0 aromatic rings. The maximum absolute atomic E-state index is 10.5. The number of methoxy groups -OCH3 is 1. The minimum Gasteiger partial charge on any atom is -0.381 e. The Hall–Kier alpha value is -0.740. The highest BCUT2D eigenvalue weighted by molar-refractivity contribution is 5.56.